The van der Waals surface area contributed by atoms with Gasteiger partial charge >= 0.3 is 17.9 Å². The summed E-state index contributed by atoms with van der Waals surface area (Å²) in [7, 11) is 3.61. The minimum Gasteiger partial charge on any atom is -0.467 e. The summed E-state index contributed by atoms with van der Waals surface area (Å²) in [5.41, 5.74) is 0.204. The van der Waals surface area contributed by atoms with Crippen LogP contribution in [0.2, 0.25) is 0 Å². The van der Waals surface area contributed by atoms with E-state index in [2.05, 4.69) is 26.2 Å². The van der Waals surface area contributed by atoms with Crippen molar-refractivity contribution in [1.82, 2.24) is 4.90 Å². The Morgan fingerprint density at radius 2 is 1.65 bits per heavy atom. The van der Waals surface area contributed by atoms with Crippen molar-refractivity contribution >= 4 is 51.3 Å². The van der Waals surface area contributed by atoms with Crippen LogP contribution in [-0.2, 0) is 34.0 Å². The lowest BCUT2D eigenvalue weighted by Gasteiger charge is -2.37. The molecular formula is C26H22BrN3O7. The molecule has 1 amide bonds. The van der Waals surface area contributed by atoms with Crippen molar-refractivity contribution in [1.29, 1.82) is 0 Å². The van der Waals surface area contributed by atoms with Gasteiger partial charge in [-0.05, 0) is 42.3 Å². The van der Waals surface area contributed by atoms with Crippen molar-refractivity contribution in [3.05, 3.63) is 75.4 Å². The highest BCUT2D eigenvalue weighted by atomic mass is 79.9. The molecule has 1 N–H and O–H groups in total. The summed E-state index contributed by atoms with van der Waals surface area (Å²) >= 11 is 3.36. The molecule has 1 saturated heterocycles. The number of rotatable bonds is 4. The highest BCUT2D eigenvalue weighted by Gasteiger charge is 2.66. The van der Waals surface area contributed by atoms with E-state index >= 15 is 0 Å². The number of hydrogen-bond donors (Lipinski definition) is 1. The second-order valence-electron chi connectivity index (χ2n) is 8.70. The third-order valence-electron chi connectivity index (χ3n) is 6.98. The first-order valence-corrected chi connectivity index (χ1v) is 12.1. The monoisotopic (exact) mass is 567 g/mol. The van der Waals surface area contributed by atoms with Crippen molar-refractivity contribution in [2.45, 2.75) is 23.9 Å². The number of ether oxygens (including phenoxy) is 3. The molecule has 3 aliphatic rings. The van der Waals surface area contributed by atoms with Gasteiger partial charge in [-0.25, -0.2) is 19.4 Å². The molecule has 1 fully saturated rings. The second kappa shape index (κ2) is 9.15. The van der Waals surface area contributed by atoms with E-state index in [4.69, 9.17) is 14.2 Å². The van der Waals surface area contributed by atoms with Gasteiger partial charge in [-0.2, -0.15) is 0 Å². The van der Waals surface area contributed by atoms with Crippen LogP contribution in [0.25, 0.3) is 0 Å². The average Bonchev–Trinajstić information content (AvgIpc) is 3.45. The Morgan fingerprint density at radius 3 is 2.30 bits per heavy atom. The van der Waals surface area contributed by atoms with E-state index in [0.29, 0.717) is 11.3 Å². The lowest BCUT2D eigenvalue weighted by atomic mass is 9.69. The van der Waals surface area contributed by atoms with Crippen LogP contribution >= 0.6 is 15.9 Å². The summed E-state index contributed by atoms with van der Waals surface area (Å²) in [6.45, 7) is 0. The van der Waals surface area contributed by atoms with E-state index in [1.807, 2.05) is 24.3 Å². The Labute approximate surface area is 220 Å². The summed E-state index contributed by atoms with van der Waals surface area (Å²) in [5, 5.41) is 3.31. The number of aliphatic imine (C=N–C) groups is 1. The van der Waals surface area contributed by atoms with Crippen molar-refractivity contribution in [2.24, 2.45) is 4.99 Å². The number of carbonyl (C=O) groups is 4. The number of halogens is 1. The number of likely N-dealkylation sites (tertiary alicyclic amines) is 1. The zero-order chi connectivity index (χ0) is 26.5. The molecule has 0 radical (unpaired) electrons. The number of amides is 1. The van der Waals surface area contributed by atoms with E-state index in [1.54, 1.807) is 24.3 Å². The van der Waals surface area contributed by atoms with Gasteiger partial charge in [-0.3, -0.25) is 9.69 Å². The number of anilines is 1. The number of nitrogens with one attached hydrogen (secondary N) is 1. The van der Waals surface area contributed by atoms with Gasteiger partial charge in [0, 0.05) is 15.7 Å². The molecule has 37 heavy (non-hydrogen) atoms. The molecule has 10 nitrogen and oxygen atoms in total. The number of amidine groups is 1. The van der Waals surface area contributed by atoms with Crippen LogP contribution < -0.4 is 5.32 Å². The number of benzene rings is 2. The Balaban J connectivity index is 1.81. The van der Waals surface area contributed by atoms with Gasteiger partial charge < -0.3 is 19.5 Å². The number of para-hydroxylation sites is 1. The molecular weight excluding hydrogens is 546 g/mol. The van der Waals surface area contributed by atoms with Gasteiger partial charge in [-0.15, -0.1) is 0 Å². The average molecular weight is 568 g/mol. The van der Waals surface area contributed by atoms with E-state index in [9.17, 15) is 19.2 Å². The molecule has 11 heteroatoms. The zero-order valence-corrected chi connectivity index (χ0v) is 21.7. The predicted molar refractivity (Wildman–Crippen MR) is 135 cm³/mol. The molecule has 2 aromatic carbocycles. The summed E-state index contributed by atoms with van der Waals surface area (Å²) in [6, 6.07) is 12.0. The van der Waals surface area contributed by atoms with Crippen LogP contribution in [0.3, 0.4) is 0 Å². The Bertz CT molecular complexity index is 1400. The normalized spacial score (nSPS) is 23.2. The van der Waals surface area contributed by atoms with Crippen molar-refractivity contribution in [2.75, 3.05) is 26.6 Å². The quantitative estimate of drug-likeness (QED) is 0.441. The maximum atomic E-state index is 13.9. The topological polar surface area (TPSA) is 124 Å². The smallest absolute Gasteiger partial charge is 0.357 e. The van der Waals surface area contributed by atoms with Crippen LogP contribution in [-0.4, -0.2) is 68.0 Å². The summed E-state index contributed by atoms with van der Waals surface area (Å²) in [5.74, 6) is -2.67. The SMILES string of the molecule is COC(=O)C1=C(C(=O)OC)C2Nc3ccccc3[C@@]23CC(C(=O)OC)N(C(=O)c2ccc(Br)cc2)C3=N1. The predicted octanol–water partition coefficient (Wildman–Crippen LogP) is 2.58. The lowest BCUT2D eigenvalue weighted by Crippen LogP contribution is -2.53. The fourth-order valence-electron chi connectivity index (χ4n) is 5.41. The number of hydrogen-bond acceptors (Lipinski definition) is 9. The highest BCUT2D eigenvalue weighted by molar-refractivity contribution is 9.10. The van der Waals surface area contributed by atoms with E-state index in [0.717, 1.165) is 10.0 Å². The van der Waals surface area contributed by atoms with Crippen molar-refractivity contribution in [3.8, 4) is 0 Å². The van der Waals surface area contributed by atoms with E-state index in [1.165, 1.54) is 26.2 Å². The highest BCUT2D eigenvalue weighted by Crippen LogP contribution is 2.55. The van der Waals surface area contributed by atoms with Crippen LogP contribution in [0.5, 0.6) is 0 Å². The molecule has 0 bridgehead atoms. The van der Waals surface area contributed by atoms with Crippen molar-refractivity contribution < 1.29 is 33.4 Å². The molecule has 1 spiro atoms. The largest absolute Gasteiger partial charge is 0.467 e. The Hall–Kier alpha value is -3.99. The molecule has 5 rings (SSSR count). The van der Waals surface area contributed by atoms with Crippen LogP contribution in [0.4, 0.5) is 5.69 Å². The minimum atomic E-state index is -1.15. The molecule has 2 unspecified atom stereocenters. The van der Waals surface area contributed by atoms with Gasteiger partial charge in [0.05, 0.1) is 38.4 Å². The fourth-order valence-corrected chi connectivity index (χ4v) is 5.67. The number of methoxy groups -OCH3 is 3. The molecule has 190 valence electrons. The van der Waals surface area contributed by atoms with Crippen LogP contribution in [0.15, 0.2) is 69.3 Å². The summed E-state index contributed by atoms with van der Waals surface area (Å²) < 4.78 is 15.8. The Kier molecular flexibility index (Phi) is 6.10. The van der Waals surface area contributed by atoms with Gasteiger partial charge in [0.1, 0.15) is 11.9 Å². The molecule has 0 saturated carbocycles. The second-order valence-corrected chi connectivity index (χ2v) is 9.62. The fraction of sp³-hybridized carbons (Fsp3) is 0.269. The maximum Gasteiger partial charge on any atom is 0.357 e. The molecule has 3 aliphatic heterocycles. The van der Waals surface area contributed by atoms with E-state index < -0.39 is 41.3 Å². The van der Waals surface area contributed by atoms with Crippen LogP contribution in [0.1, 0.15) is 22.3 Å². The number of esters is 3. The van der Waals surface area contributed by atoms with Gasteiger partial charge in [0.25, 0.3) is 5.91 Å². The Morgan fingerprint density at radius 1 is 0.973 bits per heavy atom. The third-order valence-corrected chi connectivity index (χ3v) is 7.51. The lowest BCUT2D eigenvalue weighted by molar-refractivity contribution is -0.144. The molecule has 3 atom stereocenters. The van der Waals surface area contributed by atoms with Gasteiger partial charge in [0.2, 0.25) is 0 Å². The summed E-state index contributed by atoms with van der Waals surface area (Å²) in [4.78, 5) is 58.8. The van der Waals surface area contributed by atoms with Crippen molar-refractivity contribution in [3.63, 3.8) is 0 Å². The number of nitrogens with zero attached hydrogens (tertiary/aromatic N) is 2. The first kappa shape index (κ1) is 24.7. The number of carbonyl (C=O) groups excluding carboxylic acids is 4. The third kappa shape index (κ3) is 3.56. The first-order valence-electron chi connectivity index (χ1n) is 11.3. The van der Waals surface area contributed by atoms with Crippen LogP contribution in [0, 0.1) is 0 Å². The van der Waals surface area contributed by atoms with Gasteiger partial charge in [0.15, 0.2) is 5.70 Å². The summed E-state index contributed by atoms with van der Waals surface area (Å²) in [6.07, 6.45) is 0.0599. The maximum absolute atomic E-state index is 13.9. The minimum absolute atomic E-state index is 0.0455. The molecule has 0 aliphatic carbocycles. The standard InChI is InChI=1S/C26H22BrN3O7/c1-35-22(32)17-12-26-15-6-4-5-7-16(15)28-20(26)18(23(33)36-2)19(24(34)37-3)29-25(26)30(17)21(31)13-8-10-14(27)11-9-13/h4-11,17,20,28H,12H2,1-3H3/t17?,20?,26-/m0/s1. The zero-order valence-electron chi connectivity index (χ0n) is 20.1. The van der Waals surface area contributed by atoms with Gasteiger partial charge in [-0.1, -0.05) is 34.1 Å². The number of fused-ring (bicyclic) bond motifs is 1. The molecule has 0 aromatic heterocycles. The van der Waals surface area contributed by atoms with E-state index in [-0.39, 0.29) is 23.5 Å². The molecule has 3 heterocycles. The molecule has 2 aromatic rings. The first-order chi connectivity index (χ1) is 17.8.